The number of rotatable bonds is 8. The second kappa shape index (κ2) is 7.88. The zero-order chi connectivity index (χ0) is 18.8. The molecule has 4 rings (SSSR count). The number of hydrogen-bond acceptors (Lipinski definition) is 2. The Morgan fingerprint density at radius 3 is 2.63 bits per heavy atom. The lowest BCUT2D eigenvalue weighted by molar-refractivity contribution is 0.529. The van der Waals surface area contributed by atoms with Gasteiger partial charge in [-0.2, -0.15) is 0 Å². The third-order valence-corrected chi connectivity index (χ3v) is 6.27. The Morgan fingerprint density at radius 2 is 1.78 bits per heavy atom. The van der Waals surface area contributed by atoms with Gasteiger partial charge in [0.25, 0.3) is 0 Å². The smallest absolute Gasteiger partial charge is 0.0763 e. The van der Waals surface area contributed by atoms with Crippen LogP contribution in [0, 0.1) is 6.92 Å². The van der Waals surface area contributed by atoms with Crippen LogP contribution in [0.2, 0.25) is 0 Å². The molecule has 2 nitrogen and oxygen atoms in total. The molecule has 1 aromatic heterocycles. The topological polar surface area (TPSA) is 16.1 Å². The Kier molecular flexibility index (Phi) is 5.33. The Hall–Kier alpha value is -2.09. The normalized spacial score (nSPS) is 14.4. The van der Waals surface area contributed by atoms with Crippen LogP contribution in [-0.2, 0) is 6.54 Å². The van der Waals surface area contributed by atoms with Crippen molar-refractivity contribution in [2.45, 2.75) is 78.3 Å². The molecule has 2 heterocycles. The van der Waals surface area contributed by atoms with Crippen molar-refractivity contribution in [3.63, 3.8) is 0 Å². The van der Waals surface area contributed by atoms with E-state index in [1.54, 1.807) is 0 Å². The molecule has 3 aromatic rings. The summed E-state index contributed by atoms with van der Waals surface area (Å²) in [5.74, 6) is 0. The number of hydrogen-bond donors (Lipinski definition) is 0. The Labute approximate surface area is 163 Å². The van der Waals surface area contributed by atoms with Gasteiger partial charge in [0.15, 0.2) is 0 Å². The molecule has 2 heteroatoms. The van der Waals surface area contributed by atoms with E-state index in [1.807, 2.05) is 0 Å². The summed E-state index contributed by atoms with van der Waals surface area (Å²) in [4.78, 5) is 7.63. The van der Waals surface area contributed by atoms with E-state index < -0.39 is 0 Å². The maximum absolute atomic E-state index is 5.01. The summed E-state index contributed by atoms with van der Waals surface area (Å²) in [7, 11) is 0. The van der Waals surface area contributed by atoms with Crippen molar-refractivity contribution in [1.29, 1.82) is 0 Å². The minimum Gasteiger partial charge on any atom is -0.364 e. The Balaban J connectivity index is 1.58. The summed E-state index contributed by atoms with van der Waals surface area (Å²) in [6, 6.07) is 13.8. The van der Waals surface area contributed by atoms with Crippen LogP contribution < -0.4 is 4.90 Å². The van der Waals surface area contributed by atoms with Crippen molar-refractivity contribution < 1.29 is 0 Å². The fourth-order valence-corrected chi connectivity index (χ4v) is 4.64. The van der Waals surface area contributed by atoms with Crippen LogP contribution in [-0.4, -0.2) is 11.0 Å². The van der Waals surface area contributed by atoms with Crippen molar-refractivity contribution in [2.75, 3.05) is 4.90 Å². The summed E-state index contributed by atoms with van der Waals surface area (Å²) in [5.41, 5.74) is 6.47. The lowest BCUT2D eigenvalue weighted by Gasteiger charge is -2.27. The van der Waals surface area contributed by atoms with Crippen molar-refractivity contribution >= 4 is 27.5 Å². The molecule has 0 N–H and O–H groups in total. The van der Waals surface area contributed by atoms with Crippen LogP contribution in [0.15, 0.2) is 36.4 Å². The van der Waals surface area contributed by atoms with E-state index in [4.69, 9.17) is 4.98 Å². The Morgan fingerprint density at radius 1 is 1.00 bits per heavy atom. The molecule has 0 aliphatic carbocycles. The van der Waals surface area contributed by atoms with Crippen LogP contribution in [0.5, 0.6) is 0 Å². The number of para-hydroxylation sites is 1. The third kappa shape index (κ3) is 3.42. The van der Waals surface area contributed by atoms with Crippen molar-refractivity contribution in [2.24, 2.45) is 0 Å². The number of aromatic nitrogens is 1. The van der Waals surface area contributed by atoms with Gasteiger partial charge in [0.2, 0.25) is 0 Å². The van der Waals surface area contributed by atoms with Gasteiger partial charge in [-0.1, -0.05) is 69.7 Å². The van der Waals surface area contributed by atoms with Crippen LogP contribution in [0.25, 0.3) is 21.8 Å². The van der Waals surface area contributed by atoms with Gasteiger partial charge >= 0.3 is 0 Å². The fraction of sp³-hybridized carbons (Fsp3) is 0.480. The molecule has 0 amide bonds. The average molecular weight is 361 g/mol. The standard InChI is InChI=1S/C25H32N2/c1-4-5-6-7-8-9-12-19(3)27-17-21-20-13-10-11-14-22(20)26-25-18(2)15-16-23(27)24(21)25/h10-11,13-16,19H,4-9,12,17H2,1-3H3. The van der Waals surface area contributed by atoms with E-state index in [0.29, 0.717) is 6.04 Å². The van der Waals surface area contributed by atoms with Crippen molar-refractivity contribution in [3.8, 4) is 0 Å². The second-order valence-electron chi connectivity index (χ2n) is 8.27. The highest BCUT2D eigenvalue weighted by atomic mass is 15.2. The maximum atomic E-state index is 5.01. The fourth-order valence-electron chi connectivity index (χ4n) is 4.64. The number of nitrogens with zero attached hydrogens (tertiary/aromatic N) is 2. The lowest BCUT2D eigenvalue weighted by Crippen LogP contribution is -2.29. The number of anilines is 1. The molecule has 1 aliphatic rings. The minimum absolute atomic E-state index is 0.577. The highest BCUT2D eigenvalue weighted by Crippen LogP contribution is 2.42. The molecule has 0 saturated carbocycles. The molecular formula is C25H32N2. The summed E-state index contributed by atoms with van der Waals surface area (Å²) < 4.78 is 0. The molecule has 0 saturated heterocycles. The summed E-state index contributed by atoms with van der Waals surface area (Å²) >= 11 is 0. The van der Waals surface area contributed by atoms with Gasteiger partial charge in [-0.3, -0.25) is 0 Å². The highest BCUT2D eigenvalue weighted by Gasteiger charge is 2.27. The SMILES string of the molecule is CCCCCCCCC(C)N1Cc2c3ccccc3nc3c(C)ccc1c23. The maximum Gasteiger partial charge on any atom is 0.0763 e. The van der Waals surface area contributed by atoms with E-state index in [0.717, 1.165) is 12.1 Å². The van der Waals surface area contributed by atoms with E-state index in [1.165, 1.54) is 78.0 Å². The molecule has 27 heavy (non-hydrogen) atoms. The third-order valence-electron chi connectivity index (χ3n) is 6.27. The van der Waals surface area contributed by atoms with Gasteiger partial charge < -0.3 is 4.90 Å². The first kappa shape index (κ1) is 18.3. The molecule has 0 fully saturated rings. The Bertz CT molecular complexity index is 944. The van der Waals surface area contributed by atoms with Crippen molar-refractivity contribution in [3.05, 3.63) is 47.5 Å². The van der Waals surface area contributed by atoms with Crippen LogP contribution >= 0.6 is 0 Å². The summed E-state index contributed by atoms with van der Waals surface area (Å²) in [6.45, 7) is 7.90. The van der Waals surface area contributed by atoms with Gasteiger partial charge in [-0.15, -0.1) is 0 Å². The molecule has 1 atom stereocenters. The van der Waals surface area contributed by atoms with Gasteiger partial charge in [0.05, 0.1) is 11.0 Å². The predicted molar refractivity (Wildman–Crippen MR) is 118 cm³/mol. The largest absolute Gasteiger partial charge is 0.364 e. The van der Waals surface area contributed by atoms with Gasteiger partial charge in [0.1, 0.15) is 0 Å². The minimum atomic E-state index is 0.577. The molecular weight excluding hydrogens is 328 g/mol. The van der Waals surface area contributed by atoms with E-state index in [9.17, 15) is 0 Å². The average Bonchev–Trinajstić information content (AvgIpc) is 3.08. The number of aryl methyl sites for hydroxylation is 1. The number of unbranched alkanes of at least 4 members (excludes halogenated alkanes) is 5. The first-order chi connectivity index (χ1) is 13.2. The van der Waals surface area contributed by atoms with E-state index in [2.05, 4.69) is 62.1 Å². The van der Waals surface area contributed by atoms with Crippen LogP contribution in [0.3, 0.4) is 0 Å². The first-order valence-corrected chi connectivity index (χ1v) is 10.8. The lowest BCUT2D eigenvalue weighted by atomic mass is 10.0. The highest BCUT2D eigenvalue weighted by molar-refractivity contribution is 6.07. The quantitative estimate of drug-likeness (QED) is 0.313. The zero-order valence-electron chi connectivity index (χ0n) is 17.1. The van der Waals surface area contributed by atoms with E-state index >= 15 is 0 Å². The number of benzene rings is 2. The van der Waals surface area contributed by atoms with Gasteiger partial charge in [0, 0.05) is 29.0 Å². The predicted octanol–water partition coefficient (Wildman–Crippen LogP) is 7.16. The molecule has 2 aromatic carbocycles. The molecule has 142 valence electrons. The molecule has 1 unspecified atom stereocenters. The summed E-state index contributed by atoms with van der Waals surface area (Å²) in [6.07, 6.45) is 9.50. The van der Waals surface area contributed by atoms with Gasteiger partial charge in [-0.05, 0) is 43.5 Å². The van der Waals surface area contributed by atoms with Crippen LogP contribution in [0.4, 0.5) is 5.69 Å². The van der Waals surface area contributed by atoms with Crippen LogP contribution in [0.1, 0.15) is 69.9 Å². The van der Waals surface area contributed by atoms with Crippen molar-refractivity contribution in [1.82, 2.24) is 4.98 Å². The van der Waals surface area contributed by atoms with E-state index in [-0.39, 0.29) is 0 Å². The first-order valence-electron chi connectivity index (χ1n) is 10.8. The number of fused-ring (bicyclic) bond motifs is 2. The zero-order valence-corrected chi connectivity index (χ0v) is 17.1. The molecule has 0 spiro atoms. The molecule has 1 aliphatic heterocycles. The summed E-state index contributed by atoms with van der Waals surface area (Å²) in [5, 5.41) is 2.72. The number of pyridine rings is 1. The second-order valence-corrected chi connectivity index (χ2v) is 8.27. The molecule has 0 radical (unpaired) electrons. The van der Waals surface area contributed by atoms with Gasteiger partial charge in [-0.25, -0.2) is 4.98 Å². The monoisotopic (exact) mass is 360 g/mol. The molecule has 0 bridgehead atoms.